The molecule has 0 bridgehead atoms. The number of carboxylic acid groups (broad SMARTS) is 1. The second-order valence-electron chi connectivity index (χ2n) is 7.70. The number of carbonyl (C=O) groups excluding carboxylic acids is 4. The van der Waals surface area contributed by atoms with Gasteiger partial charge in [0.05, 0.1) is 13.2 Å². The molecule has 0 radical (unpaired) electrons. The SMILES string of the molecule is CC1(C)O[C@@H](C(=O)O)[C@H](C(=O)NC(=O)c2ccccc2)O1.CCOC(=O)CC[C@H](N)C(=O)OCC. The number of nitrogens with one attached hydrogen (secondary N) is 1. The molecule has 1 fully saturated rings. The van der Waals surface area contributed by atoms with E-state index in [1.165, 1.54) is 26.0 Å². The molecule has 12 heteroatoms. The Morgan fingerprint density at radius 2 is 1.60 bits per heavy atom. The lowest BCUT2D eigenvalue weighted by Gasteiger charge is -2.16. The third-order valence-corrected chi connectivity index (χ3v) is 4.43. The van der Waals surface area contributed by atoms with Gasteiger partial charge in [0.1, 0.15) is 6.04 Å². The molecule has 0 unspecified atom stereocenters. The number of imide groups is 1. The predicted octanol–water partition coefficient (Wildman–Crippen LogP) is 0.768. The molecule has 0 saturated carbocycles. The number of carboxylic acids is 1. The van der Waals surface area contributed by atoms with Gasteiger partial charge in [-0.05, 0) is 46.2 Å². The van der Waals surface area contributed by atoms with Gasteiger partial charge in [-0.15, -0.1) is 0 Å². The molecule has 4 N–H and O–H groups in total. The Labute approximate surface area is 203 Å². The van der Waals surface area contributed by atoms with Crippen LogP contribution in [-0.4, -0.2) is 72.1 Å². The summed E-state index contributed by atoms with van der Waals surface area (Å²) in [4.78, 5) is 56.9. The van der Waals surface area contributed by atoms with E-state index in [1.807, 2.05) is 0 Å². The Bertz CT molecular complexity index is 888. The van der Waals surface area contributed by atoms with E-state index >= 15 is 0 Å². The van der Waals surface area contributed by atoms with Crippen LogP contribution in [0.25, 0.3) is 0 Å². The molecule has 12 nitrogen and oxygen atoms in total. The van der Waals surface area contributed by atoms with Crippen LogP contribution in [0.15, 0.2) is 30.3 Å². The minimum absolute atomic E-state index is 0.147. The fourth-order valence-electron chi connectivity index (χ4n) is 2.85. The molecule has 1 aromatic rings. The van der Waals surface area contributed by atoms with Crippen LogP contribution in [0.5, 0.6) is 0 Å². The highest BCUT2D eigenvalue weighted by atomic mass is 16.8. The highest BCUT2D eigenvalue weighted by Crippen LogP contribution is 2.28. The second kappa shape index (κ2) is 14.1. The van der Waals surface area contributed by atoms with Crippen LogP contribution in [0.2, 0.25) is 0 Å². The fraction of sp³-hybridized carbons (Fsp3) is 0.522. The Morgan fingerprint density at radius 3 is 2.14 bits per heavy atom. The number of rotatable bonds is 9. The highest BCUT2D eigenvalue weighted by molar-refractivity contribution is 6.06. The van der Waals surface area contributed by atoms with Crippen molar-refractivity contribution in [3.05, 3.63) is 35.9 Å². The number of amides is 2. The molecular weight excluding hydrogens is 464 g/mol. The van der Waals surface area contributed by atoms with Crippen molar-refractivity contribution in [2.45, 2.75) is 64.6 Å². The van der Waals surface area contributed by atoms with Crippen LogP contribution in [0.3, 0.4) is 0 Å². The monoisotopic (exact) mass is 496 g/mol. The summed E-state index contributed by atoms with van der Waals surface area (Å²) in [5.41, 5.74) is 5.75. The van der Waals surface area contributed by atoms with E-state index in [1.54, 1.807) is 32.0 Å². The van der Waals surface area contributed by atoms with Crippen molar-refractivity contribution in [1.82, 2.24) is 5.32 Å². The van der Waals surface area contributed by atoms with E-state index in [9.17, 15) is 24.0 Å². The van der Waals surface area contributed by atoms with Gasteiger partial charge in [-0.3, -0.25) is 24.5 Å². The number of carbonyl (C=O) groups is 5. The van der Waals surface area contributed by atoms with Crippen molar-refractivity contribution < 1.29 is 48.0 Å². The van der Waals surface area contributed by atoms with Gasteiger partial charge < -0.3 is 29.8 Å². The summed E-state index contributed by atoms with van der Waals surface area (Å²) >= 11 is 0. The minimum atomic E-state index is -1.46. The van der Waals surface area contributed by atoms with Gasteiger partial charge in [-0.25, -0.2) is 4.79 Å². The number of nitrogens with two attached hydrogens (primary N) is 1. The van der Waals surface area contributed by atoms with Crippen LogP contribution in [0.1, 0.15) is 50.9 Å². The average Bonchev–Trinajstić information content (AvgIpc) is 3.15. The summed E-state index contributed by atoms with van der Waals surface area (Å²) in [5.74, 6) is -4.82. The topological polar surface area (TPSA) is 181 Å². The van der Waals surface area contributed by atoms with Crippen molar-refractivity contribution in [2.24, 2.45) is 5.73 Å². The maximum absolute atomic E-state index is 12.0. The van der Waals surface area contributed by atoms with E-state index in [4.69, 9.17) is 20.3 Å². The van der Waals surface area contributed by atoms with E-state index < -0.39 is 47.8 Å². The minimum Gasteiger partial charge on any atom is -0.479 e. The average molecular weight is 497 g/mol. The summed E-state index contributed by atoms with van der Waals surface area (Å²) in [6.45, 7) is 7.06. The number of hydrogen-bond donors (Lipinski definition) is 3. The first-order valence-corrected chi connectivity index (χ1v) is 11.0. The van der Waals surface area contributed by atoms with Crippen molar-refractivity contribution in [3.8, 4) is 0 Å². The molecule has 3 atom stereocenters. The molecule has 1 saturated heterocycles. The third kappa shape index (κ3) is 10.2. The number of hydrogen-bond acceptors (Lipinski definition) is 10. The van der Waals surface area contributed by atoms with Crippen LogP contribution in [0, 0.1) is 0 Å². The lowest BCUT2D eigenvalue weighted by Crippen LogP contribution is -2.46. The quantitative estimate of drug-likeness (QED) is 0.324. The van der Waals surface area contributed by atoms with Crippen molar-refractivity contribution in [3.63, 3.8) is 0 Å². The lowest BCUT2D eigenvalue weighted by atomic mass is 10.1. The Kier molecular flexibility index (Phi) is 12.0. The molecule has 2 rings (SSSR count). The molecule has 0 spiro atoms. The first kappa shape index (κ1) is 29.7. The fourth-order valence-corrected chi connectivity index (χ4v) is 2.85. The Balaban J connectivity index is 0.000000383. The zero-order valence-electron chi connectivity index (χ0n) is 20.1. The number of aliphatic carboxylic acids is 1. The largest absolute Gasteiger partial charge is 0.479 e. The molecular formula is C23H32N2O10. The van der Waals surface area contributed by atoms with Crippen LogP contribution in [0.4, 0.5) is 0 Å². The zero-order valence-corrected chi connectivity index (χ0v) is 20.1. The molecule has 1 aliphatic heterocycles. The second-order valence-corrected chi connectivity index (χ2v) is 7.70. The van der Waals surface area contributed by atoms with E-state index in [2.05, 4.69) is 14.8 Å². The van der Waals surface area contributed by atoms with Gasteiger partial charge in [0.15, 0.2) is 18.0 Å². The summed E-state index contributed by atoms with van der Waals surface area (Å²) in [5, 5.41) is 11.2. The molecule has 0 aliphatic carbocycles. The Morgan fingerprint density at radius 1 is 1.03 bits per heavy atom. The lowest BCUT2D eigenvalue weighted by molar-refractivity contribution is -0.166. The molecule has 1 aromatic carbocycles. The van der Waals surface area contributed by atoms with Gasteiger partial charge in [0.25, 0.3) is 11.8 Å². The van der Waals surface area contributed by atoms with Crippen LogP contribution in [-0.2, 0) is 38.1 Å². The molecule has 194 valence electrons. The van der Waals surface area contributed by atoms with Gasteiger partial charge in [0.2, 0.25) is 0 Å². The van der Waals surface area contributed by atoms with E-state index in [-0.39, 0.29) is 24.4 Å². The van der Waals surface area contributed by atoms with E-state index in [0.717, 1.165) is 0 Å². The maximum Gasteiger partial charge on any atom is 0.336 e. The normalized spacial score (nSPS) is 18.9. The molecule has 35 heavy (non-hydrogen) atoms. The zero-order chi connectivity index (χ0) is 26.6. The molecule has 2 amide bonds. The van der Waals surface area contributed by atoms with Crippen molar-refractivity contribution in [1.29, 1.82) is 0 Å². The van der Waals surface area contributed by atoms with Crippen LogP contribution < -0.4 is 11.1 Å². The summed E-state index contributed by atoms with van der Waals surface area (Å²) in [6.07, 6.45) is -2.43. The number of ether oxygens (including phenoxy) is 4. The van der Waals surface area contributed by atoms with Gasteiger partial charge >= 0.3 is 17.9 Å². The first-order valence-electron chi connectivity index (χ1n) is 11.0. The van der Waals surface area contributed by atoms with Crippen molar-refractivity contribution >= 4 is 29.7 Å². The molecule has 0 aromatic heterocycles. The van der Waals surface area contributed by atoms with Gasteiger partial charge in [-0.2, -0.15) is 0 Å². The van der Waals surface area contributed by atoms with Gasteiger partial charge in [0, 0.05) is 12.0 Å². The summed E-state index contributed by atoms with van der Waals surface area (Å²) < 4.78 is 19.8. The Hall–Kier alpha value is -3.35. The third-order valence-electron chi connectivity index (χ3n) is 4.43. The van der Waals surface area contributed by atoms with Crippen LogP contribution >= 0.6 is 0 Å². The van der Waals surface area contributed by atoms with Gasteiger partial charge in [-0.1, -0.05) is 18.2 Å². The first-order chi connectivity index (χ1) is 16.4. The number of esters is 2. The summed E-state index contributed by atoms with van der Waals surface area (Å²) in [6, 6.07) is 7.37. The highest BCUT2D eigenvalue weighted by Gasteiger charge is 2.49. The number of benzene rings is 1. The maximum atomic E-state index is 12.0. The molecule has 1 heterocycles. The summed E-state index contributed by atoms with van der Waals surface area (Å²) in [7, 11) is 0. The standard InChI is InChI=1S/C14H15NO6.C9H17NO4/c1-14(2)20-9(10(21-14)13(18)19)12(17)15-11(16)8-6-4-3-5-7-8;1-3-13-8(11)6-5-7(10)9(12)14-4-2/h3-7,9-10H,1-2H3,(H,18,19)(H,15,16,17);7H,3-6,10H2,1-2H3/t9-,10-;7-/m10/s1. The van der Waals surface area contributed by atoms with Crippen molar-refractivity contribution in [2.75, 3.05) is 13.2 Å². The predicted molar refractivity (Wildman–Crippen MR) is 121 cm³/mol. The smallest absolute Gasteiger partial charge is 0.336 e. The van der Waals surface area contributed by atoms with E-state index in [0.29, 0.717) is 13.2 Å². The molecule has 1 aliphatic rings.